The Hall–Kier alpha value is -4.18. The summed E-state index contributed by atoms with van der Waals surface area (Å²) in [4.78, 5) is 51.3. The molecule has 1 aliphatic heterocycles. The molecule has 1 atom stereocenters. The Morgan fingerprint density at radius 1 is 1.00 bits per heavy atom. The predicted molar refractivity (Wildman–Crippen MR) is 147 cm³/mol. The predicted octanol–water partition coefficient (Wildman–Crippen LogP) is 5.07. The first-order valence-corrected chi connectivity index (χ1v) is 14.0. The summed E-state index contributed by atoms with van der Waals surface area (Å²) in [6, 6.07) is 15.0. The van der Waals surface area contributed by atoms with Crippen molar-refractivity contribution in [3.8, 4) is 11.5 Å². The fraction of sp³-hybridized carbons (Fsp3) is 0.333. The van der Waals surface area contributed by atoms with Crippen LogP contribution in [0.4, 0.5) is 5.00 Å². The lowest BCUT2D eigenvalue weighted by atomic mass is 9.83. The Kier molecular flexibility index (Phi) is 8.45. The van der Waals surface area contributed by atoms with Gasteiger partial charge in [-0.25, -0.2) is 4.79 Å². The van der Waals surface area contributed by atoms with Gasteiger partial charge in [-0.1, -0.05) is 30.3 Å². The molecule has 5 rings (SSSR count). The molecular formula is C30H29NO8S. The van der Waals surface area contributed by atoms with Crippen LogP contribution >= 0.6 is 11.3 Å². The van der Waals surface area contributed by atoms with Crippen molar-refractivity contribution in [3.05, 3.63) is 75.7 Å². The van der Waals surface area contributed by atoms with Crippen molar-refractivity contribution >= 4 is 40.0 Å². The Bertz CT molecular complexity index is 1430. The number of anilines is 1. The number of carbonyl (C=O) groups is 4. The molecule has 1 aliphatic carbocycles. The minimum Gasteiger partial charge on any atom is -0.462 e. The molecule has 0 unspecified atom stereocenters. The number of esters is 2. The highest BCUT2D eigenvalue weighted by Gasteiger charge is 2.31. The molecule has 1 aromatic heterocycles. The van der Waals surface area contributed by atoms with Gasteiger partial charge in [0.05, 0.1) is 18.6 Å². The third-order valence-electron chi connectivity index (χ3n) is 6.88. The normalized spacial score (nSPS) is 15.2. The third-order valence-corrected chi connectivity index (χ3v) is 8.05. The molecule has 0 saturated carbocycles. The Balaban J connectivity index is 1.17. The summed E-state index contributed by atoms with van der Waals surface area (Å²) in [6.07, 6.45) is 2.00. The molecule has 2 aromatic carbocycles. The van der Waals surface area contributed by atoms with E-state index < -0.39 is 30.2 Å². The maximum atomic E-state index is 12.8. The lowest BCUT2D eigenvalue weighted by Crippen LogP contribution is -2.19. The second-order valence-electron chi connectivity index (χ2n) is 9.48. The number of amides is 1. The van der Waals surface area contributed by atoms with Gasteiger partial charge in [-0.3, -0.25) is 14.4 Å². The molecule has 1 amide bonds. The van der Waals surface area contributed by atoms with Crippen molar-refractivity contribution in [2.75, 3.05) is 25.3 Å². The van der Waals surface area contributed by atoms with Crippen molar-refractivity contribution in [1.82, 2.24) is 0 Å². The van der Waals surface area contributed by atoms with E-state index in [1.165, 1.54) is 23.0 Å². The molecule has 0 spiro atoms. The van der Waals surface area contributed by atoms with Gasteiger partial charge < -0.3 is 24.3 Å². The molecule has 40 heavy (non-hydrogen) atoms. The highest BCUT2D eigenvalue weighted by Crippen LogP contribution is 2.43. The van der Waals surface area contributed by atoms with Crippen LogP contribution < -0.4 is 14.8 Å². The number of ketones is 1. The molecule has 2 aliphatic rings. The van der Waals surface area contributed by atoms with Gasteiger partial charge in [-0.05, 0) is 61.4 Å². The molecule has 1 N–H and O–H groups in total. The number of ether oxygens (including phenoxy) is 4. The number of carbonyl (C=O) groups excluding carboxylic acids is 4. The molecule has 9 nitrogen and oxygen atoms in total. The molecule has 0 saturated heterocycles. The standard InChI is InChI=1S/C30H29NO8S/c1-2-36-30(35)28-21-10-8-19(18-6-4-3-5-7-18)15-25(21)40-29(28)31-26(33)12-13-27(34)37-16-22(32)20-9-11-23-24(14-20)39-17-38-23/h3-7,9,11,14,19H,2,8,10,12-13,15-17H2,1H3,(H,31,33)/t19-/m1/s1. The van der Waals surface area contributed by atoms with Crippen LogP contribution in [-0.4, -0.2) is 43.6 Å². The molecule has 3 aromatic rings. The number of rotatable bonds is 10. The van der Waals surface area contributed by atoms with Gasteiger partial charge in [-0.2, -0.15) is 0 Å². The first kappa shape index (κ1) is 27.4. The van der Waals surface area contributed by atoms with Crippen LogP contribution in [0.3, 0.4) is 0 Å². The SMILES string of the molecule is CCOC(=O)c1c(NC(=O)CCC(=O)OCC(=O)c2ccc3c(c2)OCO3)sc2c1CC[C@@H](c1ccccc1)C2. The number of benzene rings is 2. The average Bonchev–Trinajstić information content (AvgIpc) is 3.58. The smallest absolute Gasteiger partial charge is 0.341 e. The van der Waals surface area contributed by atoms with Gasteiger partial charge in [0.15, 0.2) is 23.9 Å². The summed E-state index contributed by atoms with van der Waals surface area (Å²) in [7, 11) is 0. The van der Waals surface area contributed by atoms with E-state index in [1.807, 2.05) is 18.2 Å². The highest BCUT2D eigenvalue weighted by atomic mass is 32.1. The van der Waals surface area contributed by atoms with E-state index in [9.17, 15) is 19.2 Å². The van der Waals surface area contributed by atoms with E-state index in [4.69, 9.17) is 18.9 Å². The van der Waals surface area contributed by atoms with Crippen molar-refractivity contribution in [3.63, 3.8) is 0 Å². The molecule has 0 bridgehead atoms. The zero-order valence-electron chi connectivity index (χ0n) is 22.0. The zero-order chi connectivity index (χ0) is 28.1. The number of nitrogens with one attached hydrogen (secondary N) is 1. The summed E-state index contributed by atoms with van der Waals surface area (Å²) < 4.78 is 20.9. The van der Waals surface area contributed by atoms with Gasteiger partial charge in [0.25, 0.3) is 0 Å². The summed E-state index contributed by atoms with van der Waals surface area (Å²) in [5, 5.41) is 3.25. The van der Waals surface area contributed by atoms with E-state index in [0.29, 0.717) is 40.0 Å². The van der Waals surface area contributed by atoms with Crippen LogP contribution in [0.1, 0.15) is 68.8 Å². The average molecular weight is 564 g/mol. The van der Waals surface area contributed by atoms with Crippen molar-refractivity contribution in [2.24, 2.45) is 0 Å². The molecule has 208 valence electrons. The second kappa shape index (κ2) is 12.3. The quantitative estimate of drug-likeness (QED) is 0.268. The fourth-order valence-electron chi connectivity index (χ4n) is 4.88. The Morgan fingerprint density at radius 2 is 1.80 bits per heavy atom. The molecular weight excluding hydrogens is 534 g/mol. The summed E-state index contributed by atoms with van der Waals surface area (Å²) in [6.45, 7) is 1.60. The van der Waals surface area contributed by atoms with E-state index in [1.54, 1.807) is 19.1 Å². The van der Waals surface area contributed by atoms with Gasteiger partial charge >= 0.3 is 11.9 Å². The van der Waals surface area contributed by atoms with Crippen LogP contribution in [0.2, 0.25) is 0 Å². The minimum absolute atomic E-state index is 0.0909. The number of fused-ring (bicyclic) bond motifs is 2. The minimum atomic E-state index is -0.675. The van der Waals surface area contributed by atoms with Gasteiger partial charge in [-0.15, -0.1) is 11.3 Å². The molecule has 2 heterocycles. The molecule has 0 fully saturated rings. The Labute approximate surface area is 235 Å². The van der Waals surface area contributed by atoms with E-state index in [-0.39, 0.29) is 26.2 Å². The zero-order valence-corrected chi connectivity index (χ0v) is 22.8. The third kappa shape index (κ3) is 6.17. The highest BCUT2D eigenvalue weighted by molar-refractivity contribution is 7.17. The van der Waals surface area contributed by atoms with Crippen LogP contribution in [-0.2, 0) is 31.9 Å². The van der Waals surface area contributed by atoms with Crippen molar-refractivity contribution in [2.45, 2.75) is 44.9 Å². The van der Waals surface area contributed by atoms with Crippen LogP contribution in [0.15, 0.2) is 48.5 Å². The number of hydrogen-bond donors (Lipinski definition) is 1. The van der Waals surface area contributed by atoms with Gasteiger partial charge in [0.2, 0.25) is 12.7 Å². The van der Waals surface area contributed by atoms with Crippen LogP contribution in [0.25, 0.3) is 0 Å². The fourth-order valence-corrected chi connectivity index (χ4v) is 6.21. The lowest BCUT2D eigenvalue weighted by Gasteiger charge is -2.23. The lowest BCUT2D eigenvalue weighted by molar-refractivity contribution is -0.143. The topological polar surface area (TPSA) is 117 Å². The Morgan fingerprint density at radius 3 is 2.60 bits per heavy atom. The summed E-state index contributed by atoms with van der Waals surface area (Å²) in [5.74, 6) is -0.617. The monoisotopic (exact) mass is 563 g/mol. The largest absolute Gasteiger partial charge is 0.462 e. The number of hydrogen-bond acceptors (Lipinski definition) is 9. The van der Waals surface area contributed by atoms with Gasteiger partial charge in [0, 0.05) is 16.9 Å². The van der Waals surface area contributed by atoms with Crippen LogP contribution in [0.5, 0.6) is 11.5 Å². The van der Waals surface area contributed by atoms with Crippen molar-refractivity contribution < 1.29 is 38.1 Å². The summed E-state index contributed by atoms with van der Waals surface area (Å²) >= 11 is 1.38. The van der Waals surface area contributed by atoms with Crippen molar-refractivity contribution in [1.29, 1.82) is 0 Å². The number of thiophene rings is 1. The maximum Gasteiger partial charge on any atom is 0.341 e. The molecule has 10 heteroatoms. The first-order chi connectivity index (χ1) is 19.4. The van der Waals surface area contributed by atoms with E-state index in [0.717, 1.165) is 23.3 Å². The number of Topliss-reactive ketones (excluding diaryl/α,β-unsaturated/α-hetero) is 1. The van der Waals surface area contributed by atoms with E-state index in [2.05, 4.69) is 17.4 Å². The van der Waals surface area contributed by atoms with E-state index >= 15 is 0 Å². The summed E-state index contributed by atoms with van der Waals surface area (Å²) in [5.41, 5.74) is 2.91. The van der Waals surface area contributed by atoms with Crippen LogP contribution in [0, 0.1) is 0 Å². The second-order valence-corrected chi connectivity index (χ2v) is 10.6. The maximum absolute atomic E-state index is 12.8. The first-order valence-electron chi connectivity index (χ1n) is 13.2. The molecule has 0 radical (unpaired) electrons. The van der Waals surface area contributed by atoms with Gasteiger partial charge in [0.1, 0.15) is 5.00 Å².